The zero-order valence-corrected chi connectivity index (χ0v) is 12.6. The third-order valence-electron chi connectivity index (χ3n) is 3.10. The van der Waals surface area contributed by atoms with Crippen LogP contribution in [0.15, 0.2) is 41.7 Å². The van der Waals surface area contributed by atoms with E-state index in [4.69, 9.17) is 5.73 Å². The minimum Gasteiger partial charge on any atom is -0.326 e. The normalized spacial score (nSPS) is 11.5. The number of nitrogens with zero attached hydrogens (tertiary/aromatic N) is 2. The SMILES string of the molecule is CCc1cccnc1CNS(=O)(=O)c1ccc(CN)cn1. The highest BCUT2D eigenvalue weighted by atomic mass is 32.2. The molecule has 0 aliphatic rings. The number of aromatic nitrogens is 2. The molecule has 0 amide bonds. The van der Waals surface area contributed by atoms with Crippen molar-refractivity contribution in [2.45, 2.75) is 31.5 Å². The van der Waals surface area contributed by atoms with Gasteiger partial charge in [0.25, 0.3) is 10.0 Å². The number of rotatable bonds is 6. The fraction of sp³-hybridized carbons (Fsp3) is 0.286. The van der Waals surface area contributed by atoms with E-state index in [9.17, 15) is 8.42 Å². The Morgan fingerprint density at radius 3 is 2.67 bits per heavy atom. The molecular weight excluding hydrogens is 288 g/mol. The van der Waals surface area contributed by atoms with Crippen LogP contribution in [0.4, 0.5) is 0 Å². The third kappa shape index (κ3) is 3.84. The van der Waals surface area contributed by atoms with Crippen molar-refractivity contribution in [3.63, 3.8) is 0 Å². The molecule has 21 heavy (non-hydrogen) atoms. The summed E-state index contributed by atoms with van der Waals surface area (Å²) in [5, 5.41) is -0.0197. The highest BCUT2D eigenvalue weighted by molar-refractivity contribution is 7.89. The molecule has 0 aliphatic heterocycles. The summed E-state index contributed by atoms with van der Waals surface area (Å²) in [7, 11) is -3.65. The molecule has 0 aromatic carbocycles. The minimum absolute atomic E-state index is 0.0197. The highest BCUT2D eigenvalue weighted by Gasteiger charge is 2.16. The summed E-state index contributed by atoms with van der Waals surface area (Å²) >= 11 is 0. The molecule has 0 spiro atoms. The Morgan fingerprint density at radius 2 is 2.05 bits per heavy atom. The van der Waals surface area contributed by atoms with E-state index in [2.05, 4.69) is 14.7 Å². The van der Waals surface area contributed by atoms with E-state index < -0.39 is 10.0 Å². The second-order valence-corrected chi connectivity index (χ2v) is 6.21. The minimum atomic E-state index is -3.65. The number of pyridine rings is 2. The summed E-state index contributed by atoms with van der Waals surface area (Å²) in [5.41, 5.74) is 7.99. The van der Waals surface area contributed by atoms with E-state index >= 15 is 0 Å². The van der Waals surface area contributed by atoms with E-state index in [0.29, 0.717) is 6.54 Å². The zero-order valence-electron chi connectivity index (χ0n) is 11.8. The number of hydrogen-bond donors (Lipinski definition) is 2. The molecule has 0 fully saturated rings. The quantitative estimate of drug-likeness (QED) is 0.829. The lowest BCUT2D eigenvalue weighted by Gasteiger charge is -2.09. The molecule has 3 N–H and O–H groups in total. The van der Waals surface area contributed by atoms with Crippen LogP contribution >= 0.6 is 0 Å². The van der Waals surface area contributed by atoms with E-state index in [-0.39, 0.29) is 11.6 Å². The van der Waals surface area contributed by atoms with Gasteiger partial charge in [-0.05, 0) is 29.7 Å². The second-order valence-electron chi connectivity index (χ2n) is 4.50. The lowest BCUT2D eigenvalue weighted by atomic mass is 10.1. The van der Waals surface area contributed by atoms with Gasteiger partial charge in [0.05, 0.1) is 12.2 Å². The molecule has 0 atom stereocenters. The maximum absolute atomic E-state index is 12.2. The molecule has 0 aliphatic carbocycles. The van der Waals surface area contributed by atoms with E-state index in [1.54, 1.807) is 12.3 Å². The number of nitrogens with one attached hydrogen (secondary N) is 1. The Hall–Kier alpha value is -1.83. The molecule has 2 heterocycles. The van der Waals surface area contributed by atoms with Crippen molar-refractivity contribution in [1.29, 1.82) is 0 Å². The molecule has 0 bridgehead atoms. The number of aryl methyl sites for hydroxylation is 1. The summed E-state index contributed by atoms with van der Waals surface area (Å²) in [4.78, 5) is 8.13. The fourth-order valence-electron chi connectivity index (χ4n) is 1.88. The first-order valence-electron chi connectivity index (χ1n) is 6.64. The van der Waals surface area contributed by atoms with Crippen LogP contribution in [0.2, 0.25) is 0 Å². The molecular formula is C14H18N4O2S. The lowest BCUT2D eigenvalue weighted by Crippen LogP contribution is -2.25. The van der Waals surface area contributed by atoms with Gasteiger partial charge in [0.2, 0.25) is 0 Å². The lowest BCUT2D eigenvalue weighted by molar-refractivity contribution is 0.576. The van der Waals surface area contributed by atoms with Crippen LogP contribution in [0.1, 0.15) is 23.7 Å². The van der Waals surface area contributed by atoms with E-state index in [0.717, 1.165) is 23.2 Å². The standard InChI is InChI=1S/C14H18N4O2S/c1-2-12-4-3-7-16-13(12)10-18-21(19,20)14-6-5-11(8-15)9-17-14/h3-7,9,18H,2,8,10,15H2,1H3. The Bertz CT molecular complexity index is 699. The molecule has 0 saturated heterocycles. The van der Waals surface area contributed by atoms with Gasteiger partial charge in [0.15, 0.2) is 5.03 Å². The molecule has 6 nitrogen and oxygen atoms in total. The molecule has 0 unspecified atom stereocenters. The number of hydrogen-bond acceptors (Lipinski definition) is 5. The van der Waals surface area contributed by atoms with Gasteiger partial charge in [0, 0.05) is 18.9 Å². The molecule has 112 valence electrons. The monoisotopic (exact) mass is 306 g/mol. The highest BCUT2D eigenvalue weighted by Crippen LogP contribution is 2.09. The summed E-state index contributed by atoms with van der Waals surface area (Å²) < 4.78 is 26.9. The van der Waals surface area contributed by atoms with Crippen molar-refractivity contribution in [2.75, 3.05) is 0 Å². The average Bonchev–Trinajstić information content (AvgIpc) is 2.53. The van der Waals surface area contributed by atoms with Gasteiger partial charge in [0.1, 0.15) is 0 Å². The number of sulfonamides is 1. The Labute approximate surface area is 124 Å². The van der Waals surface area contributed by atoms with Gasteiger partial charge in [-0.2, -0.15) is 0 Å². The van der Waals surface area contributed by atoms with Crippen LogP contribution in [-0.4, -0.2) is 18.4 Å². The summed E-state index contributed by atoms with van der Waals surface area (Å²) in [6.45, 7) is 2.48. The predicted octanol–water partition coefficient (Wildman–Crippen LogP) is 0.976. The second kappa shape index (κ2) is 6.75. The van der Waals surface area contributed by atoms with Crippen molar-refractivity contribution < 1.29 is 8.42 Å². The predicted molar refractivity (Wildman–Crippen MR) is 79.8 cm³/mol. The van der Waals surface area contributed by atoms with Gasteiger partial charge in [-0.3, -0.25) is 4.98 Å². The van der Waals surface area contributed by atoms with Crippen LogP contribution in [0.5, 0.6) is 0 Å². The molecule has 2 aromatic rings. The first-order chi connectivity index (χ1) is 10.1. The first kappa shape index (κ1) is 15.6. The largest absolute Gasteiger partial charge is 0.326 e. The first-order valence-corrected chi connectivity index (χ1v) is 8.12. The third-order valence-corrected chi connectivity index (χ3v) is 4.42. The molecule has 0 saturated carbocycles. The van der Waals surface area contributed by atoms with Gasteiger partial charge in [-0.1, -0.05) is 19.1 Å². The van der Waals surface area contributed by atoms with Gasteiger partial charge < -0.3 is 5.73 Å². The number of nitrogens with two attached hydrogens (primary N) is 1. The Balaban J connectivity index is 2.13. The zero-order chi connectivity index (χ0) is 15.3. The Kier molecular flexibility index (Phi) is 5.00. The maximum Gasteiger partial charge on any atom is 0.258 e. The van der Waals surface area contributed by atoms with Crippen LogP contribution < -0.4 is 10.5 Å². The Morgan fingerprint density at radius 1 is 1.24 bits per heavy atom. The molecule has 2 aromatic heterocycles. The van der Waals surface area contributed by atoms with Crippen molar-refractivity contribution >= 4 is 10.0 Å². The van der Waals surface area contributed by atoms with Crippen LogP contribution in [0.25, 0.3) is 0 Å². The topological polar surface area (TPSA) is 98.0 Å². The van der Waals surface area contributed by atoms with Crippen LogP contribution in [0, 0.1) is 0 Å². The van der Waals surface area contributed by atoms with Gasteiger partial charge in [-0.15, -0.1) is 0 Å². The van der Waals surface area contributed by atoms with Crippen LogP contribution in [0.3, 0.4) is 0 Å². The molecule has 7 heteroatoms. The van der Waals surface area contributed by atoms with E-state index in [1.807, 2.05) is 19.1 Å². The smallest absolute Gasteiger partial charge is 0.258 e. The maximum atomic E-state index is 12.2. The van der Waals surface area contributed by atoms with Crippen LogP contribution in [-0.2, 0) is 29.5 Å². The summed E-state index contributed by atoms with van der Waals surface area (Å²) in [6, 6.07) is 6.87. The summed E-state index contributed by atoms with van der Waals surface area (Å²) in [6.07, 6.45) is 3.91. The summed E-state index contributed by atoms with van der Waals surface area (Å²) in [5.74, 6) is 0. The van der Waals surface area contributed by atoms with Gasteiger partial charge in [-0.25, -0.2) is 18.1 Å². The van der Waals surface area contributed by atoms with E-state index in [1.165, 1.54) is 12.3 Å². The molecule has 2 rings (SSSR count). The van der Waals surface area contributed by atoms with Crippen molar-refractivity contribution in [3.8, 4) is 0 Å². The van der Waals surface area contributed by atoms with Crippen molar-refractivity contribution in [3.05, 3.63) is 53.5 Å². The average molecular weight is 306 g/mol. The fourth-order valence-corrected chi connectivity index (χ4v) is 2.79. The molecule has 0 radical (unpaired) electrons. The van der Waals surface area contributed by atoms with Crippen molar-refractivity contribution in [1.82, 2.24) is 14.7 Å². The van der Waals surface area contributed by atoms with Gasteiger partial charge >= 0.3 is 0 Å². The van der Waals surface area contributed by atoms with Crippen molar-refractivity contribution in [2.24, 2.45) is 5.73 Å².